The van der Waals surface area contributed by atoms with E-state index in [2.05, 4.69) is 0 Å². The Morgan fingerprint density at radius 2 is 1.90 bits per heavy atom. The first kappa shape index (κ1) is 14.3. The highest BCUT2D eigenvalue weighted by Gasteiger charge is 2.22. The van der Waals surface area contributed by atoms with E-state index >= 15 is 0 Å². The van der Waals surface area contributed by atoms with Gasteiger partial charge in [0.05, 0.1) is 11.7 Å². The third-order valence-electron chi connectivity index (χ3n) is 2.96. The maximum Gasteiger partial charge on any atom is 0.302 e. The fourth-order valence-electron chi connectivity index (χ4n) is 2.12. The minimum absolute atomic E-state index is 0.321. The second-order valence-corrected chi connectivity index (χ2v) is 5.65. The van der Waals surface area contributed by atoms with E-state index in [0.717, 1.165) is 0 Å². The van der Waals surface area contributed by atoms with Gasteiger partial charge in [-0.25, -0.2) is 9.11 Å². The van der Waals surface area contributed by atoms with Crippen molar-refractivity contribution in [2.45, 2.75) is 13.3 Å². The average molecular weight is 293 g/mol. The van der Waals surface area contributed by atoms with E-state index in [0.29, 0.717) is 27.1 Å². The zero-order valence-corrected chi connectivity index (χ0v) is 11.6. The molecule has 0 bridgehead atoms. The van der Waals surface area contributed by atoms with Crippen LogP contribution in [-0.2, 0) is 16.6 Å². The number of nitrogens with two attached hydrogens (primary N) is 1. The molecule has 0 amide bonds. The SMILES string of the molecule is CCc1cn(S(N)(=O)=O)c(C(=O)[O-])c1-c1ccccc1. The molecule has 2 N–H and O–H groups in total. The molecule has 0 aliphatic heterocycles. The highest BCUT2D eigenvalue weighted by atomic mass is 32.2. The molecule has 0 saturated heterocycles. The molecule has 0 radical (unpaired) electrons. The number of aryl methyl sites for hydroxylation is 1. The Morgan fingerprint density at radius 3 is 2.35 bits per heavy atom. The minimum atomic E-state index is -4.20. The highest BCUT2D eigenvalue weighted by molar-refractivity contribution is 7.87. The molecule has 0 aliphatic rings. The molecule has 0 saturated carbocycles. The number of carbonyl (C=O) groups is 1. The van der Waals surface area contributed by atoms with E-state index in [1.54, 1.807) is 37.3 Å². The lowest BCUT2D eigenvalue weighted by Crippen LogP contribution is -2.31. The van der Waals surface area contributed by atoms with Crippen molar-refractivity contribution in [3.8, 4) is 11.1 Å². The molecule has 1 heterocycles. The zero-order valence-electron chi connectivity index (χ0n) is 10.7. The maximum atomic E-state index is 11.5. The first-order valence-electron chi connectivity index (χ1n) is 5.90. The number of carboxylic acid groups (broad SMARTS) is 1. The Bertz CT molecular complexity index is 748. The monoisotopic (exact) mass is 293 g/mol. The number of rotatable bonds is 4. The third kappa shape index (κ3) is 2.45. The Kier molecular flexibility index (Phi) is 3.65. The summed E-state index contributed by atoms with van der Waals surface area (Å²) in [6.45, 7) is 1.80. The number of nitrogens with zero attached hydrogens (tertiary/aromatic N) is 1. The third-order valence-corrected chi connectivity index (χ3v) is 3.80. The van der Waals surface area contributed by atoms with Crippen molar-refractivity contribution in [1.29, 1.82) is 0 Å². The molecule has 2 aromatic rings. The van der Waals surface area contributed by atoms with Crippen LogP contribution >= 0.6 is 0 Å². The molecule has 106 valence electrons. The summed E-state index contributed by atoms with van der Waals surface area (Å²) in [6, 6.07) is 8.66. The van der Waals surface area contributed by atoms with Gasteiger partial charge in [-0.2, -0.15) is 8.42 Å². The number of hydrogen-bond donors (Lipinski definition) is 1. The molecule has 0 spiro atoms. The topological polar surface area (TPSA) is 105 Å². The average Bonchev–Trinajstić information content (AvgIpc) is 2.79. The van der Waals surface area contributed by atoms with Crippen molar-refractivity contribution < 1.29 is 18.3 Å². The number of aromatic nitrogens is 1. The predicted octanol–water partition coefficient (Wildman–Crippen LogP) is 0.133. The normalized spacial score (nSPS) is 11.5. The molecule has 6 nitrogen and oxygen atoms in total. The van der Waals surface area contributed by atoms with Crippen LogP contribution in [0.3, 0.4) is 0 Å². The van der Waals surface area contributed by atoms with Crippen LogP contribution < -0.4 is 10.2 Å². The maximum absolute atomic E-state index is 11.5. The van der Waals surface area contributed by atoms with Crippen molar-refractivity contribution in [3.63, 3.8) is 0 Å². The Hall–Kier alpha value is -2.12. The largest absolute Gasteiger partial charge is 0.543 e. The number of carbonyl (C=O) groups excluding carboxylic acids is 1. The van der Waals surface area contributed by atoms with E-state index in [1.807, 2.05) is 0 Å². The summed E-state index contributed by atoms with van der Waals surface area (Å²) in [5, 5.41) is 16.4. The number of carboxylic acids is 1. The van der Waals surface area contributed by atoms with Gasteiger partial charge in [0.1, 0.15) is 0 Å². The van der Waals surface area contributed by atoms with Gasteiger partial charge in [-0.1, -0.05) is 37.3 Å². The van der Waals surface area contributed by atoms with Gasteiger partial charge >= 0.3 is 10.2 Å². The Labute approximate surface area is 116 Å². The highest BCUT2D eigenvalue weighted by Crippen LogP contribution is 2.30. The van der Waals surface area contributed by atoms with Gasteiger partial charge in [0.15, 0.2) is 0 Å². The van der Waals surface area contributed by atoms with Gasteiger partial charge in [0.25, 0.3) is 0 Å². The summed E-state index contributed by atoms with van der Waals surface area (Å²) in [5.74, 6) is -1.59. The van der Waals surface area contributed by atoms with Gasteiger partial charge in [-0.05, 0) is 17.5 Å². The standard InChI is InChI=1S/C13H14N2O4S/c1-2-9-8-15(20(14,18)19)12(13(16)17)11(9)10-6-4-3-5-7-10/h3-8H,2H2,1H3,(H,16,17)(H2,14,18,19)/p-1. The van der Waals surface area contributed by atoms with Crippen LogP contribution in [0.4, 0.5) is 0 Å². The first-order valence-corrected chi connectivity index (χ1v) is 7.40. The number of benzene rings is 1. The lowest BCUT2D eigenvalue weighted by atomic mass is 10.0. The molecule has 0 atom stereocenters. The summed E-state index contributed by atoms with van der Waals surface area (Å²) in [4.78, 5) is 11.3. The van der Waals surface area contributed by atoms with E-state index in [4.69, 9.17) is 5.14 Å². The van der Waals surface area contributed by atoms with Crippen LogP contribution in [0.5, 0.6) is 0 Å². The summed E-state index contributed by atoms with van der Waals surface area (Å²) in [7, 11) is -4.20. The molecule has 20 heavy (non-hydrogen) atoms. The van der Waals surface area contributed by atoms with Crippen LogP contribution in [0.15, 0.2) is 36.5 Å². The lowest BCUT2D eigenvalue weighted by molar-refractivity contribution is -0.255. The molecule has 7 heteroatoms. The van der Waals surface area contributed by atoms with E-state index in [9.17, 15) is 18.3 Å². The second kappa shape index (κ2) is 5.10. The molecular weight excluding hydrogens is 280 g/mol. The minimum Gasteiger partial charge on any atom is -0.543 e. The van der Waals surface area contributed by atoms with E-state index < -0.39 is 21.9 Å². The summed E-state index contributed by atoms with van der Waals surface area (Å²) < 4.78 is 23.6. The number of hydrogen-bond acceptors (Lipinski definition) is 4. The van der Waals surface area contributed by atoms with Crippen LogP contribution in [-0.4, -0.2) is 18.4 Å². The van der Waals surface area contributed by atoms with Gasteiger partial charge in [0.2, 0.25) is 0 Å². The van der Waals surface area contributed by atoms with Gasteiger partial charge in [-0.15, -0.1) is 0 Å². The summed E-state index contributed by atoms with van der Waals surface area (Å²) in [5.41, 5.74) is 1.05. The molecule has 0 aliphatic carbocycles. The van der Waals surface area contributed by atoms with Gasteiger partial charge in [-0.3, -0.25) is 0 Å². The van der Waals surface area contributed by atoms with Crippen LogP contribution in [0.2, 0.25) is 0 Å². The van der Waals surface area contributed by atoms with Crippen molar-refractivity contribution >= 4 is 16.2 Å². The van der Waals surface area contributed by atoms with E-state index in [1.165, 1.54) is 6.20 Å². The fourth-order valence-corrected chi connectivity index (χ4v) is 2.82. The molecule has 1 aromatic carbocycles. The molecule has 2 rings (SSSR count). The van der Waals surface area contributed by atoms with Crippen molar-refractivity contribution in [1.82, 2.24) is 3.97 Å². The van der Waals surface area contributed by atoms with E-state index in [-0.39, 0.29) is 0 Å². The Balaban J connectivity index is 2.86. The van der Waals surface area contributed by atoms with Crippen molar-refractivity contribution in [3.05, 3.63) is 47.8 Å². The Morgan fingerprint density at radius 1 is 1.30 bits per heavy atom. The second-order valence-electron chi connectivity index (χ2n) is 4.23. The van der Waals surface area contributed by atoms with Crippen LogP contribution in [0.1, 0.15) is 23.0 Å². The molecular formula is C13H13N2O4S-. The molecule has 0 unspecified atom stereocenters. The first-order chi connectivity index (χ1) is 9.36. The fraction of sp³-hybridized carbons (Fsp3) is 0.154. The molecule has 1 aromatic heterocycles. The van der Waals surface area contributed by atoms with Crippen LogP contribution in [0, 0.1) is 0 Å². The summed E-state index contributed by atoms with van der Waals surface area (Å²) in [6.07, 6.45) is 1.69. The van der Waals surface area contributed by atoms with Crippen molar-refractivity contribution in [2.75, 3.05) is 0 Å². The lowest BCUT2D eigenvalue weighted by Gasteiger charge is -2.11. The summed E-state index contributed by atoms with van der Waals surface area (Å²) >= 11 is 0. The smallest absolute Gasteiger partial charge is 0.302 e. The van der Waals surface area contributed by atoms with Crippen LogP contribution in [0.25, 0.3) is 11.1 Å². The van der Waals surface area contributed by atoms with Gasteiger partial charge < -0.3 is 9.90 Å². The van der Waals surface area contributed by atoms with Gasteiger partial charge in [0, 0.05) is 11.8 Å². The molecule has 0 fully saturated rings. The quantitative estimate of drug-likeness (QED) is 0.865. The number of aromatic carboxylic acids is 1. The zero-order chi connectivity index (χ0) is 14.9. The predicted molar refractivity (Wildman–Crippen MR) is 72.1 cm³/mol. The van der Waals surface area contributed by atoms with Crippen molar-refractivity contribution in [2.24, 2.45) is 5.14 Å².